The van der Waals surface area contributed by atoms with E-state index in [-0.39, 0.29) is 31.8 Å². The van der Waals surface area contributed by atoms with Gasteiger partial charge in [0.15, 0.2) is 0 Å². The third-order valence-electron chi connectivity index (χ3n) is 6.74. The van der Waals surface area contributed by atoms with Crippen molar-refractivity contribution in [1.29, 1.82) is 0 Å². The fraction of sp³-hybridized carbons (Fsp3) is 0.324. The minimum atomic E-state index is -1.28. The maximum Gasteiger partial charge on any atom is 0.408 e. The molecule has 3 aromatic carbocycles. The zero-order chi connectivity index (χ0) is 31.9. The van der Waals surface area contributed by atoms with Gasteiger partial charge in [-0.1, -0.05) is 105 Å². The minimum absolute atomic E-state index is 0.00514. The van der Waals surface area contributed by atoms with Gasteiger partial charge in [0.2, 0.25) is 11.7 Å². The summed E-state index contributed by atoms with van der Waals surface area (Å²) in [5.41, 5.74) is 2.24. The summed E-state index contributed by atoms with van der Waals surface area (Å²) in [5.74, 6) is -3.35. The van der Waals surface area contributed by atoms with E-state index in [1.54, 1.807) is 66.7 Å². The second-order valence-corrected chi connectivity index (χ2v) is 10.7. The number of hydrogen-bond acceptors (Lipinski definition) is 7. The van der Waals surface area contributed by atoms with Gasteiger partial charge in [-0.15, -0.1) is 0 Å². The molecule has 3 aromatic rings. The van der Waals surface area contributed by atoms with Crippen molar-refractivity contribution in [1.82, 2.24) is 16.0 Å². The average molecular weight is 602 g/mol. The number of alkyl carbamates (subject to hydrolysis) is 1. The van der Waals surface area contributed by atoms with Gasteiger partial charge in [-0.3, -0.25) is 14.4 Å². The smallest absolute Gasteiger partial charge is 0.408 e. The van der Waals surface area contributed by atoms with Crippen LogP contribution in [0, 0.1) is 5.92 Å². The standard InChI is InChI=1S/C34H39N3O7/c1-23(2)19-28(37-34(42)44-22-26-17-11-6-12-18-26)31(39)35-27(20-24-13-7-4-8-14-24)30(38)32(40)36-29(33(41)43-3)21-25-15-9-5-10-16-25/h4-18,23,27-29H,19-22H2,1-3H3,(H,35,39)(H,36,40)(H,37,42)/t27-,28-,29+/m0/s1. The summed E-state index contributed by atoms with van der Waals surface area (Å²) in [6.45, 7) is 3.79. The maximum absolute atomic E-state index is 13.5. The Morgan fingerprint density at radius 2 is 1.14 bits per heavy atom. The summed E-state index contributed by atoms with van der Waals surface area (Å²) in [6, 6.07) is 23.5. The number of esters is 1. The fourth-order valence-corrected chi connectivity index (χ4v) is 4.51. The largest absolute Gasteiger partial charge is 0.467 e. The van der Waals surface area contributed by atoms with Crippen LogP contribution in [0.3, 0.4) is 0 Å². The lowest BCUT2D eigenvalue weighted by atomic mass is 9.99. The van der Waals surface area contributed by atoms with Crippen molar-refractivity contribution in [3.05, 3.63) is 108 Å². The van der Waals surface area contributed by atoms with Gasteiger partial charge >= 0.3 is 12.1 Å². The van der Waals surface area contributed by atoms with Gasteiger partial charge in [0.25, 0.3) is 5.91 Å². The highest BCUT2D eigenvalue weighted by Crippen LogP contribution is 2.11. The summed E-state index contributed by atoms with van der Waals surface area (Å²) in [4.78, 5) is 65.3. The van der Waals surface area contributed by atoms with Crippen LogP contribution < -0.4 is 16.0 Å². The molecule has 0 aliphatic carbocycles. The van der Waals surface area contributed by atoms with Crippen molar-refractivity contribution in [2.45, 2.75) is 57.8 Å². The van der Waals surface area contributed by atoms with E-state index in [1.165, 1.54) is 7.11 Å². The Hall–Kier alpha value is -4.99. The summed E-state index contributed by atoms with van der Waals surface area (Å²) in [5, 5.41) is 7.73. The minimum Gasteiger partial charge on any atom is -0.467 e. The Labute approximate surface area is 257 Å². The molecule has 0 spiro atoms. The Bertz CT molecular complexity index is 1380. The third-order valence-corrected chi connectivity index (χ3v) is 6.74. The van der Waals surface area contributed by atoms with Crippen LogP contribution in [0.15, 0.2) is 91.0 Å². The van der Waals surface area contributed by atoms with E-state index in [2.05, 4.69) is 16.0 Å². The maximum atomic E-state index is 13.5. The number of carbonyl (C=O) groups excluding carboxylic acids is 5. The van der Waals surface area contributed by atoms with Crippen LogP contribution in [0.4, 0.5) is 4.79 Å². The molecule has 0 aromatic heterocycles. The van der Waals surface area contributed by atoms with Crippen LogP contribution in [-0.2, 0) is 48.1 Å². The molecule has 0 aliphatic heterocycles. The molecule has 3 atom stereocenters. The van der Waals surface area contributed by atoms with Crippen molar-refractivity contribution in [2.75, 3.05) is 7.11 Å². The second-order valence-electron chi connectivity index (χ2n) is 10.7. The Morgan fingerprint density at radius 1 is 0.636 bits per heavy atom. The summed E-state index contributed by atoms with van der Waals surface area (Å²) >= 11 is 0. The molecule has 0 unspecified atom stereocenters. The highest BCUT2D eigenvalue weighted by atomic mass is 16.5. The summed E-state index contributed by atoms with van der Waals surface area (Å²) in [7, 11) is 1.19. The average Bonchev–Trinajstić information content (AvgIpc) is 3.03. The Balaban J connectivity index is 1.75. The van der Waals surface area contributed by atoms with E-state index in [0.717, 1.165) is 11.1 Å². The molecule has 3 N–H and O–H groups in total. The predicted molar refractivity (Wildman–Crippen MR) is 164 cm³/mol. The SMILES string of the molecule is COC(=O)[C@@H](Cc1ccccc1)NC(=O)C(=O)[C@H](Cc1ccccc1)NC(=O)[C@H](CC(C)C)NC(=O)OCc1ccccc1. The van der Waals surface area contributed by atoms with Gasteiger partial charge in [-0.05, 0) is 29.0 Å². The lowest BCUT2D eigenvalue weighted by molar-refractivity contribution is -0.147. The Kier molecular flexibility index (Phi) is 13.1. The number of nitrogens with one attached hydrogen (secondary N) is 3. The number of amides is 3. The number of methoxy groups -OCH3 is 1. The number of benzene rings is 3. The summed E-state index contributed by atoms with van der Waals surface area (Å²) < 4.78 is 10.1. The topological polar surface area (TPSA) is 140 Å². The molecule has 10 heteroatoms. The van der Waals surface area contributed by atoms with Crippen LogP contribution in [-0.4, -0.2) is 54.9 Å². The van der Waals surface area contributed by atoms with Crippen LogP contribution >= 0.6 is 0 Å². The molecule has 232 valence electrons. The molecule has 0 heterocycles. The molecule has 3 rings (SSSR count). The molecule has 0 radical (unpaired) electrons. The molecule has 0 saturated heterocycles. The molecule has 3 amide bonds. The second kappa shape index (κ2) is 17.2. The first-order chi connectivity index (χ1) is 21.2. The van der Waals surface area contributed by atoms with Crippen LogP contribution in [0.5, 0.6) is 0 Å². The number of rotatable bonds is 15. The molecular formula is C34H39N3O7. The van der Waals surface area contributed by atoms with Crippen molar-refractivity contribution in [3.8, 4) is 0 Å². The highest BCUT2D eigenvalue weighted by Gasteiger charge is 2.33. The van der Waals surface area contributed by atoms with Crippen molar-refractivity contribution in [3.63, 3.8) is 0 Å². The molecule has 0 fully saturated rings. The van der Waals surface area contributed by atoms with E-state index >= 15 is 0 Å². The number of carbonyl (C=O) groups is 5. The molecule has 10 nitrogen and oxygen atoms in total. The lowest BCUT2D eigenvalue weighted by Crippen LogP contribution is -2.56. The normalized spacial score (nSPS) is 12.7. The van der Waals surface area contributed by atoms with E-state index in [9.17, 15) is 24.0 Å². The van der Waals surface area contributed by atoms with Gasteiger partial charge < -0.3 is 25.4 Å². The monoisotopic (exact) mass is 601 g/mol. The quantitative estimate of drug-likeness (QED) is 0.179. The third kappa shape index (κ3) is 11.0. The number of ether oxygens (including phenoxy) is 2. The number of Topliss-reactive ketones (excluding diaryl/α,β-unsaturated/α-hetero) is 1. The molecule has 0 saturated carbocycles. The van der Waals surface area contributed by atoms with Gasteiger partial charge in [0.05, 0.1) is 7.11 Å². The van der Waals surface area contributed by atoms with E-state index < -0.39 is 47.8 Å². The molecule has 0 bridgehead atoms. The summed E-state index contributed by atoms with van der Waals surface area (Å²) in [6.07, 6.45) is -0.423. The van der Waals surface area contributed by atoms with E-state index in [0.29, 0.717) is 5.56 Å². The zero-order valence-electron chi connectivity index (χ0n) is 25.2. The number of ketones is 1. The van der Waals surface area contributed by atoms with Crippen LogP contribution in [0.2, 0.25) is 0 Å². The highest BCUT2D eigenvalue weighted by molar-refractivity contribution is 6.38. The van der Waals surface area contributed by atoms with Crippen molar-refractivity contribution in [2.24, 2.45) is 5.92 Å². The molecule has 0 aliphatic rings. The molecular weight excluding hydrogens is 562 g/mol. The molecule has 44 heavy (non-hydrogen) atoms. The van der Waals surface area contributed by atoms with Gasteiger partial charge in [-0.25, -0.2) is 9.59 Å². The van der Waals surface area contributed by atoms with Crippen molar-refractivity contribution < 1.29 is 33.4 Å². The first kappa shape index (κ1) is 33.5. The van der Waals surface area contributed by atoms with Crippen LogP contribution in [0.1, 0.15) is 37.0 Å². The van der Waals surface area contributed by atoms with Gasteiger partial charge in [-0.2, -0.15) is 0 Å². The Morgan fingerprint density at radius 3 is 1.64 bits per heavy atom. The fourth-order valence-electron chi connectivity index (χ4n) is 4.51. The van der Waals surface area contributed by atoms with E-state index in [1.807, 2.05) is 38.1 Å². The van der Waals surface area contributed by atoms with Crippen LogP contribution in [0.25, 0.3) is 0 Å². The first-order valence-electron chi connectivity index (χ1n) is 14.4. The van der Waals surface area contributed by atoms with E-state index in [4.69, 9.17) is 9.47 Å². The zero-order valence-corrected chi connectivity index (χ0v) is 25.2. The lowest BCUT2D eigenvalue weighted by Gasteiger charge is -2.24. The van der Waals surface area contributed by atoms with Gasteiger partial charge in [0, 0.05) is 12.8 Å². The predicted octanol–water partition coefficient (Wildman–Crippen LogP) is 3.52. The van der Waals surface area contributed by atoms with Crippen molar-refractivity contribution >= 4 is 29.7 Å². The number of hydrogen-bond donors (Lipinski definition) is 3. The first-order valence-corrected chi connectivity index (χ1v) is 14.4. The van der Waals surface area contributed by atoms with Gasteiger partial charge in [0.1, 0.15) is 24.7 Å².